The highest BCUT2D eigenvalue weighted by Gasteiger charge is 2.39. The van der Waals surface area contributed by atoms with Gasteiger partial charge in [-0.15, -0.1) is 0 Å². The van der Waals surface area contributed by atoms with E-state index in [0.717, 1.165) is 36.2 Å². The molecule has 1 aromatic rings. The Morgan fingerprint density at radius 3 is 2.53 bits per heavy atom. The Balaban J connectivity index is 2.03. The Bertz CT molecular complexity index is 958. The quantitative estimate of drug-likeness (QED) is 0.619. The summed E-state index contributed by atoms with van der Waals surface area (Å²) in [5, 5.41) is 3.06. The van der Waals surface area contributed by atoms with Crippen molar-refractivity contribution in [3.63, 3.8) is 0 Å². The van der Waals surface area contributed by atoms with Gasteiger partial charge in [0, 0.05) is 51.4 Å². The molecule has 2 heterocycles. The lowest BCUT2D eigenvalue weighted by atomic mass is 9.90. The SMILES string of the molecule is CCOC(=O)C1=C(CN2CCCN(C(=O)CC)CC2)N(CC)C(=O)N[C@H]1c1cc(C)ccc1C. The number of carbonyl (C=O) groups is 3. The molecule has 186 valence electrons. The largest absolute Gasteiger partial charge is 0.463 e. The number of esters is 1. The third-order valence-electron chi connectivity index (χ3n) is 6.61. The summed E-state index contributed by atoms with van der Waals surface area (Å²) in [6, 6.07) is 5.28. The van der Waals surface area contributed by atoms with Crippen LogP contribution < -0.4 is 5.32 Å². The van der Waals surface area contributed by atoms with Gasteiger partial charge in [0.2, 0.25) is 5.91 Å². The van der Waals surface area contributed by atoms with Gasteiger partial charge in [0.25, 0.3) is 0 Å². The first-order valence-electron chi connectivity index (χ1n) is 12.4. The molecule has 2 aliphatic rings. The van der Waals surface area contributed by atoms with Gasteiger partial charge in [-0.3, -0.25) is 14.6 Å². The number of ether oxygens (including phenoxy) is 1. The monoisotopic (exact) mass is 470 g/mol. The predicted molar refractivity (Wildman–Crippen MR) is 131 cm³/mol. The summed E-state index contributed by atoms with van der Waals surface area (Å²) in [6.45, 7) is 13.6. The van der Waals surface area contributed by atoms with Gasteiger partial charge in [0.15, 0.2) is 0 Å². The van der Waals surface area contributed by atoms with Gasteiger partial charge in [0.05, 0.1) is 18.2 Å². The Kier molecular flexibility index (Phi) is 8.72. The summed E-state index contributed by atoms with van der Waals surface area (Å²) in [7, 11) is 0. The van der Waals surface area contributed by atoms with Crippen molar-refractivity contribution >= 4 is 17.9 Å². The van der Waals surface area contributed by atoms with E-state index in [9.17, 15) is 14.4 Å². The van der Waals surface area contributed by atoms with Crippen LogP contribution in [0.15, 0.2) is 29.5 Å². The van der Waals surface area contributed by atoms with Crippen molar-refractivity contribution in [3.8, 4) is 0 Å². The van der Waals surface area contributed by atoms with E-state index in [4.69, 9.17) is 4.74 Å². The molecule has 0 unspecified atom stereocenters. The Morgan fingerprint density at radius 2 is 1.85 bits per heavy atom. The van der Waals surface area contributed by atoms with Crippen molar-refractivity contribution in [2.75, 3.05) is 45.9 Å². The van der Waals surface area contributed by atoms with Crippen LogP contribution in [-0.4, -0.2) is 78.5 Å². The van der Waals surface area contributed by atoms with Gasteiger partial charge in [-0.2, -0.15) is 0 Å². The number of nitrogens with zero attached hydrogens (tertiary/aromatic N) is 3. The van der Waals surface area contributed by atoms with Crippen LogP contribution in [0.2, 0.25) is 0 Å². The molecule has 1 atom stereocenters. The van der Waals surface area contributed by atoms with E-state index in [-0.39, 0.29) is 18.5 Å². The highest BCUT2D eigenvalue weighted by Crippen LogP contribution is 2.34. The molecule has 0 spiro atoms. The van der Waals surface area contributed by atoms with E-state index in [1.807, 2.05) is 50.8 Å². The minimum absolute atomic E-state index is 0.162. The van der Waals surface area contributed by atoms with Gasteiger partial charge in [0.1, 0.15) is 0 Å². The molecule has 2 aliphatic heterocycles. The lowest BCUT2D eigenvalue weighted by Gasteiger charge is -2.38. The summed E-state index contributed by atoms with van der Waals surface area (Å²) in [5.74, 6) is -0.241. The highest BCUT2D eigenvalue weighted by molar-refractivity contribution is 5.95. The topological polar surface area (TPSA) is 82.2 Å². The standard InChI is InChI=1S/C26H38N4O4/c1-6-22(31)29-13-9-12-28(14-15-29)17-21-23(25(32)34-8-3)24(27-26(33)30(21)7-2)20-16-18(4)10-11-19(20)5/h10-11,16,24H,6-9,12-15,17H2,1-5H3,(H,27,33)/t24-/m0/s1. The molecular formula is C26H38N4O4. The second kappa shape index (κ2) is 11.5. The third-order valence-corrected chi connectivity index (χ3v) is 6.61. The maximum atomic E-state index is 13.3. The smallest absolute Gasteiger partial charge is 0.338 e. The van der Waals surface area contributed by atoms with Crippen LogP contribution >= 0.6 is 0 Å². The van der Waals surface area contributed by atoms with Crippen molar-refractivity contribution in [2.45, 2.75) is 53.5 Å². The zero-order chi connectivity index (χ0) is 24.8. The van der Waals surface area contributed by atoms with Crippen LogP contribution in [-0.2, 0) is 14.3 Å². The molecule has 3 amide bonds. The number of likely N-dealkylation sites (N-methyl/N-ethyl adjacent to an activating group) is 1. The van der Waals surface area contributed by atoms with Crippen LogP contribution in [0, 0.1) is 13.8 Å². The first-order valence-corrected chi connectivity index (χ1v) is 12.4. The number of amides is 3. The average Bonchev–Trinajstić information content (AvgIpc) is 3.05. The highest BCUT2D eigenvalue weighted by atomic mass is 16.5. The molecule has 1 aromatic carbocycles. The molecule has 8 nitrogen and oxygen atoms in total. The molecule has 34 heavy (non-hydrogen) atoms. The van der Waals surface area contributed by atoms with Crippen molar-refractivity contribution in [1.82, 2.24) is 20.0 Å². The molecule has 8 heteroatoms. The summed E-state index contributed by atoms with van der Waals surface area (Å²) in [5.41, 5.74) is 4.14. The van der Waals surface area contributed by atoms with E-state index in [1.165, 1.54) is 0 Å². The Labute approximate surface area is 202 Å². The molecule has 1 fully saturated rings. The lowest BCUT2D eigenvalue weighted by molar-refractivity contribution is -0.139. The van der Waals surface area contributed by atoms with Crippen molar-refractivity contribution in [2.24, 2.45) is 0 Å². The van der Waals surface area contributed by atoms with E-state index in [2.05, 4.69) is 10.2 Å². The van der Waals surface area contributed by atoms with Crippen LogP contribution in [0.3, 0.4) is 0 Å². The van der Waals surface area contributed by atoms with Gasteiger partial charge >= 0.3 is 12.0 Å². The number of urea groups is 1. The fourth-order valence-corrected chi connectivity index (χ4v) is 4.78. The number of aryl methyl sites for hydroxylation is 2. The molecule has 0 bridgehead atoms. The van der Waals surface area contributed by atoms with Crippen LogP contribution in [0.4, 0.5) is 4.79 Å². The lowest BCUT2D eigenvalue weighted by Crippen LogP contribution is -2.51. The van der Waals surface area contributed by atoms with Crippen LogP contribution in [0.1, 0.15) is 56.3 Å². The zero-order valence-corrected chi connectivity index (χ0v) is 21.1. The van der Waals surface area contributed by atoms with Gasteiger partial charge < -0.3 is 15.0 Å². The number of hydrogen-bond donors (Lipinski definition) is 1. The minimum atomic E-state index is -0.575. The molecule has 0 radical (unpaired) electrons. The van der Waals surface area contributed by atoms with Crippen molar-refractivity contribution in [3.05, 3.63) is 46.2 Å². The fraction of sp³-hybridized carbons (Fsp3) is 0.577. The first kappa shape index (κ1) is 25.7. The maximum absolute atomic E-state index is 13.3. The predicted octanol–water partition coefficient (Wildman–Crippen LogP) is 3.15. The molecule has 0 aliphatic carbocycles. The van der Waals surface area contributed by atoms with Gasteiger partial charge in [-0.1, -0.05) is 30.7 Å². The number of carbonyl (C=O) groups excluding carboxylic acids is 3. The number of benzene rings is 1. The third kappa shape index (κ3) is 5.60. The summed E-state index contributed by atoms with van der Waals surface area (Å²) >= 11 is 0. The molecule has 3 rings (SSSR count). The molecule has 0 aromatic heterocycles. The van der Waals surface area contributed by atoms with E-state index in [1.54, 1.807) is 11.8 Å². The van der Waals surface area contributed by atoms with E-state index < -0.39 is 12.0 Å². The second-order valence-corrected chi connectivity index (χ2v) is 8.93. The average molecular weight is 471 g/mol. The number of nitrogens with one attached hydrogen (secondary N) is 1. The maximum Gasteiger partial charge on any atom is 0.338 e. The fourth-order valence-electron chi connectivity index (χ4n) is 4.78. The Morgan fingerprint density at radius 1 is 1.09 bits per heavy atom. The van der Waals surface area contributed by atoms with Crippen LogP contribution in [0.25, 0.3) is 0 Å². The first-order chi connectivity index (χ1) is 16.3. The van der Waals surface area contributed by atoms with E-state index >= 15 is 0 Å². The summed E-state index contributed by atoms with van der Waals surface area (Å²) < 4.78 is 5.49. The van der Waals surface area contributed by atoms with Gasteiger partial charge in [-0.25, -0.2) is 9.59 Å². The minimum Gasteiger partial charge on any atom is -0.463 e. The second-order valence-electron chi connectivity index (χ2n) is 8.93. The van der Waals surface area contributed by atoms with Crippen molar-refractivity contribution in [1.29, 1.82) is 0 Å². The Hall–Kier alpha value is -2.87. The van der Waals surface area contributed by atoms with Gasteiger partial charge in [-0.05, 0) is 45.2 Å². The molecular weight excluding hydrogens is 432 g/mol. The summed E-state index contributed by atoms with van der Waals surface area (Å²) in [6.07, 6.45) is 1.35. The number of hydrogen-bond acceptors (Lipinski definition) is 5. The van der Waals surface area contributed by atoms with E-state index in [0.29, 0.717) is 43.9 Å². The molecule has 0 saturated carbocycles. The van der Waals surface area contributed by atoms with Crippen LogP contribution in [0.5, 0.6) is 0 Å². The normalized spacial score (nSPS) is 19.7. The summed E-state index contributed by atoms with van der Waals surface area (Å²) in [4.78, 5) is 44.5. The number of rotatable bonds is 7. The molecule has 1 N–H and O–H groups in total. The van der Waals surface area contributed by atoms with Crippen molar-refractivity contribution < 1.29 is 19.1 Å². The zero-order valence-electron chi connectivity index (χ0n) is 21.1. The molecule has 1 saturated heterocycles.